The van der Waals surface area contributed by atoms with Crippen molar-refractivity contribution >= 4 is 88.2 Å². The molecular weight excluding hydrogens is 1410 g/mol. The number of likely N-dealkylation sites (N-methyl/N-ethyl adjacent to an activating group) is 5. The van der Waals surface area contributed by atoms with Crippen LogP contribution in [0.25, 0.3) is 0 Å². The molecule has 1 saturated heterocycles. The van der Waals surface area contributed by atoms with Crippen molar-refractivity contribution in [1.29, 1.82) is 0 Å². The molecule has 5 aliphatic carbocycles. The number of hydrogen-bond acceptors (Lipinski definition) is 14. The van der Waals surface area contributed by atoms with Gasteiger partial charge in [0.05, 0.1) is 36.5 Å². The summed E-state index contributed by atoms with van der Waals surface area (Å²) in [5, 5.41) is 24.9. The third-order valence-electron chi connectivity index (χ3n) is 25.3. The zero-order valence-electron chi connectivity index (χ0n) is 65.8. The van der Waals surface area contributed by atoms with Crippen LogP contribution in [0.4, 0.5) is 0 Å². The van der Waals surface area contributed by atoms with Crippen molar-refractivity contribution in [2.24, 2.45) is 35.0 Å². The number of carbonyl (C=O) groups is 11. The van der Waals surface area contributed by atoms with Gasteiger partial charge in [0.2, 0.25) is 65.0 Å². The van der Waals surface area contributed by atoms with Gasteiger partial charge in [-0.05, 0) is 203 Å². The van der Waals surface area contributed by atoms with Crippen LogP contribution in [0.3, 0.4) is 0 Å². The van der Waals surface area contributed by atoms with Crippen LogP contribution in [0.5, 0.6) is 0 Å². The third-order valence-corrected chi connectivity index (χ3v) is 26.5. The number of rotatable bonds is 10. The van der Waals surface area contributed by atoms with E-state index in [0.717, 1.165) is 57.8 Å². The molecule has 6 heterocycles. The molecule has 6 fully saturated rings. The summed E-state index contributed by atoms with van der Waals surface area (Å²) < 4.78 is 6.17. The fourth-order valence-corrected chi connectivity index (χ4v) is 19.2. The van der Waals surface area contributed by atoms with Gasteiger partial charge in [0, 0.05) is 78.8 Å². The van der Waals surface area contributed by atoms with Crippen molar-refractivity contribution in [3.63, 3.8) is 0 Å². The average Bonchev–Trinajstić information content (AvgIpc) is 0.959. The predicted octanol–water partition coefficient (Wildman–Crippen LogP) is 7.02. The van der Waals surface area contributed by atoms with Gasteiger partial charge in [0.1, 0.15) is 48.5 Å². The van der Waals surface area contributed by atoms with Gasteiger partial charge in [0.25, 0.3) is 0 Å². The van der Waals surface area contributed by atoms with E-state index in [4.69, 9.17) is 27.9 Å². The number of amides is 11. The molecule has 27 heteroatoms. The van der Waals surface area contributed by atoms with Crippen LogP contribution in [0, 0.1) is 35.0 Å². The van der Waals surface area contributed by atoms with E-state index in [2.05, 4.69) is 33.4 Å². The Balaban J connectivity index is 1.11. The van der Waals surface area contributed by atoms with E-state index in [1.165, 1.54) is 31.5 Å². The number of nitrogens with zero attached hydrogens (tertiary/aromatic N) is 8. The molecule has 11 aliphatic rings. The largest absolute Gasteiger partial charge is 0.377 e. The van der Waals surface area contributed by atoms with E-state index in [1.54, 1.807) is 42.9 Å². The quantitative estimate of drug-likeness (QED) is 0.0835. The van der Waals surface area contributed by atoms with Gasteiger partial charge >= 0.3 is 0 Å². The first kappa shape index (κ1) is 85.1. The zero-order chi connectivity index (χ0) is 77.6. The summed E-state index contributed by atoms with van der Waals surface area (Å²) in [5.74, 6) is -5.71. The molecule has 600 valence electrons. The van der Waals surface area contributed by atoms with E-state index >= 15 is 38.4 Å². The number of aliphatic hydroxyl groups excluding tert-OH is 1. The topological polar surface area (TPSA) is 291 Å². The number of alkyl halides is 2. The number of hydrogen-bond donors (Lipinski definition) is 5. The Morgan fingerprint density at radius 3 is 2.00 bits per heavy atom. The summed E-state index contributed by atoms with van der Waals surface area (Å²) in [6.45, 7) is 10.0. The molecule has 6 aliphatic heterocycles. The number of ether oxygens (including phenoxy) is 1. The summed E-state index contributed by atoms with van der Waals surface area (Å²) >= 11 is 13.3. The van der Waals surface area contributed by atoms with Crippen LogP contribution >= 0.6 is 23.2 Å². The molecule has 4 unspecified atom stereocenters. The highest BCUT2D eigenvalue weighted by atomic mass is 35.5. The van der Waals surface area contributed by atoms with Gasteiger partial charge in [-0.3, -0.25) is 57.6 Å². The highest BCUT2D eigenvalue weighted by molar-refractivity contribution is 6.30. The van der Waals surface area contributed by atoms with Crippen LogP contribution < -0.4 is 21.3 Å². The van der Waals surface area contributed by atoms with Crippen LogP contribution in [-0.2, 0) is 57.5 Å². The smallest absolute Gasteiger partial charge is 0.248 e. The molecule has 13 atom stereocenters. The summed E-state index contributed by atoms with van der Waals surface area (Å²) in [4.78, 5) is 179. The highest BCUT2D eigenvalue weighted by Gasteiger charge is 2.58. The molecule has 1 spiro atoms. The second kappa shape index (κ2) is 38.8. The number of fused-ring (bicyclic) bond motifs is 28. The summed E-state index contributed by atoms with van der Waals surface area (Å²) in [6, 6.07) is -7.96. The SMILES string of the molecule is CCO[C@@H]1CCC(=O)NC2(CC(C)(C)C2)C(=O)N(C)[C@@H](C2CCCC2)C(O)N(C)[C@H](C(=O)N2CCCC2)CC(=O)N(C)[C@H]2CCC/C=C/C3CCC(CC3)C[C@@H](C(=O)N(C)CC(=O)N[C@@H](CCC3CCC(Cl)C(Cl)C3)C(=O)NC1)N1CC/C=C\C[C@@H](C1=O)N(C)C(=O)CN(C1CC1)C(=O)[C@H]([C@@H](C)CC)NC2=O. The number of allylic oxidation sites excluding steroid dienone is 2. The first-order valence-electron chi connectivity index (χ1n) is 40.7. The maximum absolute atomic E-state index is 15.6. The highest BCUT2D eigenvalue weighted by Crippen LogP contribution is 2.50. The van der Waals surface area contributed by atoms with E-state index in [1.807, 2.05) is 46.8 Å². The maximum atomic E-state index is 15.6. The fourth-order valence-electron chi connectivity index (χ4n) is 18.6. The zero-order valence-corrected chi connectivity index (χ0v) is 67.3. The maximum Gasteiger partial charge on any atom is 0.248 e. The molecule has 0 radical (unpaired) electrons. The first-order valence-corrected chi connectivity index (χ1v) is 41.5. The Bertz CT molecular complexity index is 3160. The monoisotopic (exact) mass is 1530 g/mol. The minimum atomic E-state index is -1.49. The van der Waals surface area contributed by atoms with Crippen molar-refractivity contribution in [3.05, 3.63) is 24.3 Å². The van der Waals surface area contributed by atoms with Crippen LogP contribution in [-0.4, -0.2) is 267 Å². The number of halogens is 2. The van der Waals surface area contributed by atoms with Gasteiger partial charge in [-0.2, -0.15) is 0 Å². The molecule has 11 rings (SSSR count). The lowest BCUT2D eigenvalue weighted by Gasteiger charge is -2.54. The number of nitrogens with one attached hydrogen (secondary N) is 4. The molecule has 0 aromatic rings. The Morgan fingerprint density at radius 1 is 0.654 bits per heavy atom. The minimum absolute atomic E-state index is 0.00601. The Hall–Kier alpha value is -5.89. The lowest BCUT2D eigenvalue weighted by atomic mass is 9.58. The second-order valence-electron chi connectivity index (χ2n) is 33.9. The predicted molar refractivity (Wildman–Crippen MR) is 410 cm³/mol. The van der Waals surface area contributed by atoms with Gasteiger partial charge < -0.3 is 65.4 Å². The van der Waals surface area contributed by atoms with E-state index in [0.29, 0.717) is 96.6 Å². The van der Waals surface area contributed by atoms with Gasteiger partial charge in [-0.15, -0.1) is 23.2 Å². The number of carbonyl (C=O) groups excluding carboxylic acids is 11. The molecule has 107 heavy (non-hydrogen) atoms. The normalized spacial score (nSPS) is 33.9. The molecule has 0 aromatic carbocycles. The Morgan fingerprint density at radius 2 is 1.35 bits per heavy atom. The molecule has 25 nitrogen and oxygen atoms in total. The Kier molecular flexibility index (Phi) is 30.9. The molecular formula is C80H128Cl2N12O13. The lowest BCUT2D eigenvalue weighted by molar-refractivity contribution is -0.164. The van der Waals surface area contributed by atoms with Crippen molar-refractivity contribution in [1.82, 2.24) is 60.5 Å². The standard InChI is InChI=1S/C80H128Cl2N12O13/c1-11-51(3)69-76(104)94(56-34-35-56)48-68(98)89(8)62-27-17-14-20-42-93(75(62)103)64-44-54-30-28-52(29-31-54)23-15-13-16-26-61(72(100)85-69)88(7)67(97)45-63(74(102)92-40-21-22-41-92)90(9)77(105)70(55-24-18-19-25-55)91(10)78(106)80(49-79(4,5)50-80)86-65(95)39-36-57(107-12-2)46-83-71(99)60(84-66(96)47-87(6)73(64)101)38-33-53-32-37-58(81)59(82)43-53/h14-15,17,23,51-64,69-70,77,105H,11-13,16,18-22,24-50H2,1-10H3,(H,83,99)(H,84,96)(H,85,100)(H,86,95)/b17-14-,23-15+/t51-,52?,53?,54?,57+,58?,59?,60-,61-,62-,63-,64-,69-,70-,77?/m0/s1. The average molecular weight is 1540 g/mol. The van der Waals surface area contributed by atoms with Crippen LogP contribution in [0.1, 0.15) is 221 Å². The van der Waals surface area contributed by atoms with Gasteiger partial charge in [-0.1, -0.05) is 71.3 Å². The van der Waals surface area contributed by atoms with E-state index in [9.17, 15) is 19.5 Å². The van der Waals surface area contributed by atoms with E-state index < -0.39 is 145 Å². The molecule has 11 amide bonds. The summed E-state index contributed by atoms with van der Waals surface area (Å²) in [7, 11) is 7.87. The number of likely N-dealkylation sites (tertiary alicyclic amines) is 1. The van der Waals surface area contributed by atoms with Crippen LogP contribution in [0.15, 0.2) is 24.3 Å². The van der Waals surface area contributed by atoms with Crippen molar-refractivity contribution < 1.29 is 62.6 Å². The lowest BCUT2D eigenvalue weighted by Crippen LogP contribution is -2.70. The minimum Gasteiger partial charge on any atom is -0.377 e. The summed E-state index contributed by atoms with van der Waals surface area (Å²) in [5.41, 5.74) is -1.73. The number of aliphatic hydroxyl groups is 1. The van der Waals surface area contributed by atoms with Crippen molar-refractivity contribution in [2.75, 3.05) is 81.1 Å². The third kappa shape index (κ3) is 22.0. The van der Waals surface area contributed by atoms with Crippen LogP contribution in [0.2, 0.25) is 0 Å². The fraction of sp³-hybridized carbons (Fsp3) is 0.812. The Labute approximate surface area is 646 Å². The molecule has 0 aromatic heterocycles. The summed E-state index contributed by atoms with van der Waals surface area (Å²) in [6.07, 6.45) is 20.3. The van der Waals surface area contributed by atoms with Crippen molar-refractivity contribution in [2.45, 2.75) is 298 Å². The van der Waals surface area contributed by atoms with E-state index in [-0.39, 0.29) is 110 Å². The first-order chi connectivity index (χ1) is 50.9. The second-order valence-corrected chi connectivity index (χ2v) is 35.0. The molecule has 5 saturated carbocycles. The molecule has 6 bridgehead atoms. The van der Waals surface area contributed by atoms with Crippen molar-refractivity contribution in [3.8, 4) is 0 Å². The van der Waals surface area contributed by atoms with Gasteiger partial charge in [-0.25, -0.2) is 0 Å². The molecule has 5 N–H and O–H groups in total. The van der Waals surface area contributed by atoms with Gasteiger partial charge in [0.15, 0.2) is 0 Å².